The molecule has 140 valence electrons. The Morgan fingerprint density at radius 2 is 1.58 bits per heavy atom. The van der Waals surface area contributed by atoms with Gasteiger partial charge in [-0.1, -0.05) is 26.8 Å². The predicted molar refractivity (Wildman–Crippen MR) is 92.5 cm³/mol. The highest BCUT2D eigenvalue weighted by molar-refractivity contribution is 5.85. The molecule has 0 saturated carbocycles. The molecule has 0 amide bonds. The third-order valence-electron chi connectivity index (χ3n) is 3.95. The number of rotatable bonds is 2. The van der Waals surface area contributed by atoms with Crippen LogP contribution in [0.25, 0.3) is 0 Å². The van der Waals surface area contributed by atoms with Crippen LogP contribution in [0.1, 0.15) is 37.9 Å². The van der Waals surface area contributed by atoms with Gasteiger partial charge in [0.05, 0.1) is 5.56 Å². The van der Waals surface area contributed by atoms with Gasteiger partial charge in [0.15, 0.2) is 0 Å². The third-order valence-corrected chi connectivity index (χ3v) is 3.95. The highest BCUT2D eigenvalue weighted by Crippen LogP contribution is 2.44. The molecule has 1 aromatic rings. The molecule has 0 spiro atoms. The van der Waals surface area contributed by atoms with Gasteiger partial charge in [-0.25, -0.2) is 4.39 Å². The largest absolute Gasteiger partial charge is 0.416 e. The molecule has 1 saturated heterocycles. The zero-order valence-electron chi connectivity index (χ0n) is 13.9. The summed E-state index contributed by atoms with van der Waals surface area (Å²) < 4.78 is 53.4. The molecule has 0 aromatic heterocycles. The van der Waals surface area contributed by atoms with Gasteiger partial charge in [0.25, 0.3) is 0 Å². The lowest BCUT2D eigenvalue weighted by Gasteiger charge is -2.43. The van der Waals surface area contributed by atoms with Crippen LogP contribution < -0.4 is 5.32 Å². The summed E-state index contributed by atoms with van der Waals surface area (Å²) in [7, 11) is 0. The van der Waals surface area contributed by atoms with E-state index in [0.717, 1.165) is 19.2 Å². The summed E-state index contributed by atoms with van der Waals surface area (Å²) in [6.45, 7) is 8.60. The first-order valence-electron chi connectivity index (χ1n) is 7.42. The van der Waals surface area contributed by atoms with Gasteiger partial charge < -0.3 is 5.32 Å². The van der Waals surface area contributed by atoms with E-state index >= 15 is 0 Å². The summed E-state index contributed by atoms with van der Waals surface area (Å²) in [6.07, 6.45) is -4.56. The number of benzene rings is 1. The number of hydrogen-bond acceptors (Lipinski definition) is 2. The van der Waals surface area contributed by atoms with Crippen LogP contribution in [-0.4, -0.2) is 31.1 Å². The maximum absolute atomic E-state index is 13.4. The normalized spacial score (nSPS) is 17.6. The first-order valence-corrected chi connectivity index (χ1v) is 7.42. The molecule has 8 heteroatoms. The SMILES string of the molecule is CC(C)(C)[C@@H](c1ccc(F)cc1C(F)(F)F)N1CCNCC1.Cl.Cl. The van der Waals surface area contributed by atoms with Crippen molar-refractivity contribution in [2.75, 3.05) is 26.2 Å². The smallest absolute Gasteiger partial charge is 0.314 e. The summed E-state index contributed by atoms with van der Waals surface area (Å²) in [4.78, 5) is 2.05. The zero-order valence-corrected chi connectivity index (χ0v) is 15.5. The van der Waals surface area contributed by atoms with Gasteiger partial charge in [0, 0.05) is 32.2 Å². The quantitative estimate of drug-likeness (QED) is 0.737. The van der Waals surface area contributed by atoms with Gasteiger partial charge in [0.2, 0.25) is 0 Å². The molecule has 24 heavy (non-hydrogen) atoms. The van der Waals surface area contributed by atoms with Crippen molar-refractivity contribution in [1.29, 1.82) is 0 Å². The lowest BCUT2D eigenvalue weighted by Crippen LogP contribution is -2.48. The maximum Gasteiger partial charge on any atom is 0.416 e. The van der Waals surface area contributed by atoms with Crippen LogP contribution in [0.3, 0.4) is 0 Å². The second kappa shape index (κ2) is 8.70. The molecule has 1 aliphatic heterocycles. The van der Waals surface area contributed by atoms with E-state index in [9.17, 15) is 17.6 Å². The Labute approximate surface area is 152 Å². The van der Waals surface area contributed by atoms with E-state index in [1.165, 1.54) is 6.07 Å². The number of nitrogens with zero attached hydrogens (tertiary/aromatic N) is 1. The standard InChI is InChI=1S/C16H22F4N2.2ClH/c1-15(2,3)14(22-8-6-21-7-9-22)12-5-4-11(17)10-13(12)16(18,19)20;;/h4-5,10,14,21H,6-9H2,1-3H3;2*1H/t14-;;/m1../s1. The second-order valence-electron chi connectivity index (χ2n) is 6.78. The molecule has 1 aliphatic rings. The summed E-state index contributed by atoms with van der Waals surface area (Å²) >= 11 is 0. The topological polar surface area (TPSA) is 15.3 Å². The molecule has 0 bridgehead atoms. The average Bonchev–Trinajstić information content (AvgIpc) is 2.39. The van der Waals surface area contributed by atoms with Crippen LogP contribution in [-0.2, 0) is 6.18 Å². The van der Waals surface area contributed by atoms with Crippen LogP contribution in [0.15, 0.2) is 18.2 Å². The first kappa shape index (κ1) is 23.4. The lowest BCUT2D eigenvalue weighted by molar-refractivity contribution is -0.139. The molecular formula is C16H24Cl2F4N2. The minimum atomic E-state index is -4.56. The van der Waals surface area contributed by atoms with Crippen LogP contribution in [0.2, 0.25) is 0 Å². The molecule has 1 heterocycles. The van der Waals surface area contributed by atoms with Gasteiger partial charge in [-0.3, -0.25) is 4.90 Å². The third kappa shape index (κ3) is 5.48. The first-order chi connectivity index (χ1) is 10.1. The van der Waals surface area contributed by atoms with Gasteiger partial charge in [0.1, 0.15) is 5.82 Å². The molecule has 1 atom stereocenters. The number of alkyl halides is 3. The maximum atomic E-state index is 13.4. The number of halogens is 6. The van der Waals surface area contributed by atoms with Crippen LogP contribution in [0, 0.1) is 11.2 Å². The van der Waals surface area contributed by atoms with Crippen molar-refractivity contribution in [3.63, 3.8) is 0 Å². The minimum absolute atomic E-state index is 0. The van der Waals surface area contributed by atoms with E-state index in [0.29, 0.717) is 19.2 Å². The monoisotopic (exact) mass is 390 g/mol. The summed E-state index contributed by atoms with van der Waals surface area (Å²) in [5, 5.41) is 3.20. The van der Waals surface area contributed by atoms with Crippen molar-refractivity contribution >= 4 is 24.8 Å². The Morgan fingerprint density at radius 3 is 2.04 bits per heavy atom. The zero-order chi connectivity index (χ0) is 16.5. The van der Waals surface area contributed by atoms with Crippen molar-refractivity contribution in [3.8, 4) is 0 Å². The molecule has 2 rings (SSSR count). The van der Waals surface area contributed by atoms with Crippen molar-refractivity contribution in [2.45, 2.75) is 33.0 Å². The molecular weight excluding hydrogens is 367 g/mol. The number of nitrogens with one attached hydrogen (secondary N) is 1. The van der Waals surface area contributed by atoms with Crippen molar-refractivity contribution < 1.29 is 17.6 Å². The molecule has 1 N–H and O–H groups in total. The Bertz CT molecular complexity index is 524. The highest BCUT2D eigenvalue weighted by Gasteiger charge is 2.40. The predicted octanol–water partition coefficient (Wildman–Crippen LogP) is 4.68. The average molecular weight is 391 g/mol. The van der Waals surface area contributed by atoms with E-state index < -0.39 is 29.0 Å². The molecule has 1 aromatic carbocycles. The molecule has 0 radical (unpaired) electrons. The van der Waals surface area contributed by atoms with E-state index in [4.69, 9.17) is 0 Å². The second-order valence-corrected chi connectivity index (χ2v) is 6.78. The number of piperazine rings is 1. The summed E-state index contributed by atoms with van der Waals surface area (Å²) in [5.41, 5.74) is -1.11. The summed E-state index contributed by atoms with van der Waals surface area (Å²) in [6, 6.07) is 2.60. The Balaban J connectivity index is 0.00000264. The Hall–Kier alpha value is -0.560. The van der Waals surface area contributed by atoms with Gasteiger partial charge in [-0.2, -0.15) is 13.2 Å². The van der Waals surface area contributed by atoms with Crippen molar-refractivity contribution in [2.24, 2.45) is 5.41 Å². The minimum Gasteiger partial charge on any atom is -0.314 e. The molecule has 0 unspecified atom stereocenters. The van der Waals surface area contributed by atoms with Crippen LogP contribution >= 0.6 is 24.8 Å². The van der Waals surface area contributed by atoms with E-state index in [2.05, 4.69) is 10.2 Å². The Morgan fingerprint density at radius 1 is 1.04 bits per heavy atom. The van der Waals surface area contributed by atoms with E-state index in [1.54, 1.807) is 0 Å². The molecule has 1 fully saturated rings. The van der Waals surface area contributed by atoms with Gasteiger partial charge in [-0.15, -0.1) is 24.8 Å². The van der Waals surface area contributed by atoms with Crippen molar-refractivity contribution in [3.05, 3.63) is 35.1 Å². The fourth-order valence-electron chi connectivity index (χ4n) is 3.16. The fraction of sp³-hybridized carbons (Fsp3) is 0.625. The van der Waals surface area contributed by atoms with E-state index in [1.807, 2.05) is 20.8 Å². The van der Waals surface area contributed by atoms with Gasteiger partial charge in [-0.05, 0) is 23.1 Å². The highest BCUT2D eigenvalue weighted by atomic mass is 35.5. The van der Waals surface area contributed by atoms with Crippen molar-refractivity contribution in [1.82, 2.24) is 10.2 Å². The van der Waals surface area contributed by atoms with Crippen LogP contribution in [0.5, 0.6) is 0 Å². The number of hydrogen-bond donors (Lipinski definition) is 1. The van der Waals surface area contributed by atoms with Gasteiger partial charge >= 0.3 is 6.18 Å². The van der Waals surface area contributed by atoms with E-state index in [-0.39, 0.29) is 30.4 Å². The molecule has 2 nitrogen and oxygen atoms in total. The van der Waals surface area contributed by atoms with Crippen LogP contribution in [0.4, 0.5) is 17.6 Å². The Kier molecular flexibility index (Phi) is 8.49. The fourth-order valence-corrected chi connectivity index (χ4v) is 3.16. The summed E-state index contributed by atoms with van der Waals surface area (Å²) in [5.74, 6) is -0.857. The lowest BCUT2D eigenvalue weighted by atomic mass is 9.79. The molecule has 0 aliphatic carbocycles.